The third-order valence-electron chi connectivity index (χ3n) is 4.67. The SMILES string of the molecule is C[C@H](Nc1ncc(F)c(N2C(=O)OC[C@@H]2C2CC2)n1)c1ccccc1. The number of nitrogens with one attached hydrogen (secondary N) is 1. The minimum Gasteiger partial charge on any atom is -0.447 e. The molecule has 2 aromatic rings. The van der Waals surface area contributed by atoms with Crippen LogP contribution >= 0.6 is 0 Å². The van der Waals surface area contributed by atoms with Gasteiger partial charge in [-0.15, -0.1) is 0 Å². The van der Waals surface area contributed by atoms with E-state index in [1.165, 1.54) is 4.90 Å². The van der Waals surface area contributed by atoms with Crippen LogP contribution in [0.1, 0.15) is 31.4 Å². The number of ether oxygens (including phenoxy) is 1. The molecule has 1 aliphatic heterocycles. The zero-order valence-corrected chi connectivity index (χ0v) is 13.9. The molecular weight excluding hydrogens is 323 g/mol. The highest BCUT2D eigenvalue weighted by atomic mass is 19.1. The van der Waals surface area contributed by atoms with E-state index in [1.807, 2.05) is 37.3 Å². The third-order valence-corrected chi connectivity index (χ3v) is 4.67. The second-order valence-electron chi connectivity index (χ2n) is 6.49. The second kappa shape index (κ2) is 6.31. The van der Waals surface area contributed by atoms with E-state index in [1.54, 1.807) is 0 Å². The highest BCUT2D eigenvalue weighted by Crippen LogP contribution is 2.40. The summed E-state index contributed by atoms with van der Waals surface area (Å²) < 4.78 is 19.4. The molecule has 1 saturated heterocycles. The van der Waals surface area contributed by atoms with Crippen LogP contribution in [0.2, 0.25) is 0 Å². The Hall–Kier alpha value is -2.70. The van der Waals surface area contributed by atoms with Crippen molar-refractivity contribution in [2.24, 2.45) is 5.92 Å². The second-order valence-corrected chi connectivity index (χ2v) is 6.49. The monoisotopic (exact) mass is 342 g/mol. The lowest BCUT2D eigenvalue weighted by Gasteiger charge is -2.21. The van der Waals surface area contributed by atoms with E-state index in [0.29, 0.717) is 5.92 Å². The first-order chi connectivity index (χ1) is 12.1. The van der Waals surface area contributed by atoms with Gasteiger partial charge < -0.3 is 10.1 Å². The van der Waals surface area contributed by atoms with Gasteiger partial charge in [0.15, 0.2) is 11.6 Å². The molecule has 0 bridgehead atoms. The number of nitrogens with zero attached hydrogens (tertiary/aromatic N) is 3. The molecule has 25 heavy (non-hydrogen) atoms. The van der Waals surface area contributed by atoms with Crippen molar-refractivity contribution < 1.29 is 13.9 Å². The topological polar surface area (TPSA) is 67.4 Å². The number of rotatable bonds is 5. The smallest absolute Gasteiger partial charge is 0.416 e. The Morgan fingerprint density at radius 3 is 2.80 bits per heavy atom. The van der Waals surface area contributed by atoms with Crippen molar-refractivity contribution in [3.63, 3.8) is 0 Å². The van der Waals surface area contributed by atoms with E-state index >= 15 is 0 Å². The lowest BCUT2D eigenvalue weighted by atomic mass is 10.1. The Morgan fingerprint density at radius 1 is 1.32 bits per heavy atom. The van der Waals surface area contributed by atoms with Crippen molar-refractivity contribution >= 4 is 17.9 Å². The minimum absolute atomic E-state index is 0.0165. The largest absolute Gasteiger partial charge is 0.447 e. The molecule has 1 aromatic heterocycles. The van der Waals surface area contributed by atoms with Gasteiger partial charge in [-0.1, -0.05) is 30.3 Å². The molecule has 130 valence electrons. The number of anilines is 2. The Balaban J connectivity index is 1.59. The standard InChI is InChI=1S/C18H19FN4O2/c1-11(12-5-3-2-4-6-12)21-17-20-9-14(19)16(22-17)23-15(13-7-8-13)10-25-18(23)24/h2-6,9,11,13,15H,7-8,10H2,1H3,(H,20,21,22)/t11-,15+/m0/s1. The quantitative estimate of drug-likeness (QED) is 0.900. The highest BCUT2D eigenvalue weighted by molar-refractivity contribution is 5.89. The molecule has 2 heterocycles. The molecule has 4 rings (SSSR count). The molecule has 2 atom stereocenters. The molecule has 1 aromatic carbocycles. The summed E-state index contributed by atoms with van der Waals surface area (Å²) in [5, 5.41) is 3.16. The highest BCUT2D eigenvalue weighted by Gasteiger charge is 2.45. The van der Waals surface area contributed by atoms with E-state index in [0.717, 1.165) is 24.6 Å². The van der Waals surface area contributed by atoms with Crippen LogP contribution in [-0.4, -0.2) is 28.7 Å². The first-order valence-electron chi connectivity index (χ1n) is 8.43. The number of carbonyl (C=O) groups is 1. The average molecular weight is 342 g/mol. The maximum atomic E-state index is 14.3. The van der Waals surface area contributed by atoms with Crippen LogP contribution in [-0.2, 0) is 4.74 Å². The summed E-state index contributed by atoms with van der Waals surface area (Å²) >= 11 is 0. The summed E-state index contributed by atoms with van der Waals surface area (Å²) in [4.78, 5) is 21.7. The Bertz CT molecular complexity index is 782. The molecular formula is C18H19FN4O2. The van der Waals surface area contributed by atoms with Gasteiger partial charge in [0, 0.05) is 0 Å². The lowest BCUT2D eigenvalue weighted by molar-refractivity contribution is 0.178. The molecule has 1 amide bonds. The number of hydrogen-bond acceptors (Lipinski definition) is 5. The Morgan fingerprint density at radius 2 is 2.08 bits per heavy atom. The van der Waals surface area contributed by atoms with Gasteiger partial charge in [0.05, 0.1) is 18.3 Å². The summed E-state index contributed by atoms with van der Waals surface area (Å²) in [6.45, 7) is 2.26. The average Bonchev–Trinajstić information content (AvgIpc) is 3.40. The Kier molecular flexibility index (Phi) is 3.99. The molecule has 0 unspecified atom stereocenters. The predicted molar refractivity (Wildman–Crippen MR) is 90.8 cm³/mol. The van der Waals surface area contributed by atoms with Crippen LogP contribution in [0, 0.1) is 11.7 Å². The van der Waals surface area contributed by atoms with Gasteiger partial charge >= 0.3 is 6.09 Å². The zero-order chi connectivity index (χ0) is 17.4. The normalized spacial score (nSPS) is 21.1. The van der Waals surface area contributed by atoms with Crippen molar-refractivity contribution in [2.45, 2.75) is 31.8 Å². The summed E-state index contributed by atoms with van der Waals surface area (Å²) in [5.74, 6) is 0.00189. The Labute approximate surface area is 145 Å². The summed E-state index contributed by atoms with van der Waals surface area (Å²) in [7, 11) is 0. The van der Waals surface area contributed by atoms with Crippen LogP contribution in [0.5, 0.6) is 0 Å². The number of cyclic esters (lactones) is 1. The van der Waals surface area contributed by atoms with Crippen LogP contribution in [0.25, 0.3) is 0 Å². The molecule has 0 spiro atoms. The van der Waals surface area contributed by atoms with Gasteiger partial charge in [-0.05, 0) is 31.2 Å². The van der Waals surface area contributed by atoms with Crippen LogP contribution in [0.4, 0.5) is 21.0 Å². The molecule has 2 fully saturated rings. The fourth-order valence-corrected chi connectivity index (χ4v) is 3.12. The van der Waals surface area contributed by atoms with E-state index < -0.39 is 11.9 Å². The number of halogens is 1. The van der Waals surface area contributed by atoms with Crippen molar-refractivity contribution in [3.8, 4) is 0 Å². The molecule has 0 radical (unpaired) electrons. The van der Waals surface area contributed by atoms with E-state index in [9.17, 15) is 9.18 Å². The third kappa shape index (κ3) is 3.14. The van der Waals surface area contributed by atoms with Crippen molar-refractivity contribution in [1.29, 1.82) is 0 Å². The van der Waals surface area contributed by atoms with Gasteiger partial charge in [-0.25, -0.2) is 14.2 Å². The van der Waals surface area contributed by atoms with Crippen LogP contribution < -0.4 is 10.2 Å². The molecule has 2 aliphatic rings. The lowest BCUT2D eigenvalue weighted by Crippen LogP contribution is -2.36. The number of hydrogen-bond donors (Lipinski definition) is 1. The fraction of sp³-hybridized carbons (Fsp3) is 0.389. The van der Waals surface area contributed by atoms with Crippen LogP contribution in [0.15, 0.2) is 36.5 Å². The van der Waals surface area contributed by atoms with Crippen molar-refractivity contribution in [1.82, 2.24) is 9.97 Å². The van der Waals surface area contributed by atoms with Crippen molar-refractivity contribution in [3.05, 3.63) is 47.9 Å². The van der Waals surface area contributed by atoms with E-state index in [4.69, 9.17) is 4.74 Å². The zero-order valence-electron chi connectivity index (χ0n) is 13.9. The fourth-order valence-electron chi connectivity index (χ4n) is 3.12. The molecule has 1 saturated carbocycles. The van der Waals surface area contributed by atoms with Gasteiger partial charge in [-0.3, -0.25) is 4.90 Å². The number of benzene rings is 1. The summed E-state index contributed by atoms with van der Waals surface area (Å²) in [5.41, 5.74) is 1.06. The predicted octanol–water partition coefficient (Wildman–Crippen LogP) is 3.52. The van der Waals surface area contributed by atoms with Crippen LogP contribution in [0.3, 0.4) is 0 Å². The van der Waals surface area contributed by atoms with Gasteiger partial charge in [0.25, 0.3) is 0 Å². The molecule has 7 heteroatoms. The first-order valence-corrected chi connectivity index (χ1v) is 8.43. The maximum absolute atomic E-state index is 14.3. The maximum Gasteiger partial charge on any atom is 0.416 e. The van der Waals surface area contributed by atoms with Gasteiger partial charge in [0.2, 0.25) is 5.95 Å². The van der Waals surface area contributed by atoms with E-state index in [-0.39, 0.29) is 30.5 Å². The number of amides is 1. The minimum atomic E-state index is -0.623. The van der Waals surface area contributed by atoms with Gasteiger partial charge in [-0.2, -0.15) is 4.98 Å². The number of aromatic nitrogens is 2. The number of carbonyl (C=O) groups excluding carboxylic acids is 1. The van der Waals surface area contributed by atoms with Gasteiger partial charge in [0.1, 0.15) is 6.61 Å². The van der Waals surface area contributed by atoms with Crippen molar-refractivity contribution in [2.75, 3.05) is 16.8 Å². The molecule has 6 nitrogen and oxygen atoms in total. The molecule has 1 aliphatic carbocycles. The van der Waals surface area contributed by atoms with E-state index in [2.05, 4.69) is 15.3 Å². The summed E-state index contributed by atoms with van der Waals surface area (Å²) in [6.07, 6.45) is 2.61. The summed E-state index contributed by atoms with van der Waals surface area (Å²) in [6, 6.07) is 9.63. The molecule has 1 N–H and O–H groups in total. The first kappa shape index (κ1) is 15.8.